The molecule has 1 aromatic carbocycles. The van der Waals surface area contributed by atoms with Crippen molar-refractivity contribution in [3.63, 3.8) is 0 Å². The number of hydrogen-bond acceptors (Lipinski definition) is 2. The van der Waals surface area contributed by atoms with Gasteiger partial charge < -0.3 is 4.90 Å². The van der Waals surface area contributed by atoms with Crippen LogP contribution in [0.3, 0.4) is 0 Å². The van der Waals surface area contributed by atoms with Crippen LogP contribution >= 0.6 is 27.3 Å². The van der Waals surface area contributed by atoms with Gasteiger partial charge in [-0.05, 0) is 17.0 Å². The average molecular weight is 338 g/mol. The van der Waals surface area contributed by atoms with Gasteiger partial charge in [0.05, 0.1) is 6.42 Å². The van der Waals surface area contributed by atoms with Gasteiger partial charge >= 0.3 is 0 Å². The molecule has 1 amide bonds. The molecule has 0 aliphatic carbocycles. The summed E-state index contributed by atoms with van der Waals surface area (Å²) < 4.78 is 0. The molecule has 0 aliphatic rings. The number of carbonyl (C=O) groups excluding carboxylic acids is 1. The fraction of sp³-hybridized carbons (Fsp3) is 0.267. The fourth-order valence-corrected chi connectivity index (χ4v) is 3.00. The van der Waals surface area contributed by atoms with E-state index in [4.69, 9.17) is 0 Å². The van der Waals surface area contributed by atoms with Crippen molar-refractivity contribution in [1.29, 1.82) is 0 Å². The summed E-state index contributed by atoms with van der Waals surface area (Å²) in [5.74, 6) is 0.186. The van der Waals surface area contributed by atoms with E-state index in [1.807, 2.05) is 40.6 Å². The molecule has 2 nitrogen and oxygen atoms in total. The molecule has 1 heterocycles. The maximum atomic E-state index is 12.3. The molecular weight excluding hydrogens is 322 g/mol. The molecular formula is C15H16BrNOS. The highest BCUT2D eigenvalue weighted by Gasteiger charge is 2.14. The lowest BCUT2D eigenvalue weighted by Gasteiger charge is -2.21. The van der Waals surface area contributed by atoms with E-state index in [0.29, 0.717) is 13.0 Å². The van der Waals surface area contributed by atoms with Crippen LogP contribution in [0.15, 0.2) is 47.8 Å². The van der Waals surface area contributed by atoms with Crippen LogP contribution in [0.5, 0.6) is 0 Å². The lowest BCUT2D eigenvalue weighted by Crippen LogP contribution is -2.33. The molecule has 0 bridgehead atoms. The number of carbonyl (C=O) groups is 1. The van der Waals surface area contributed by atoms with Crippen LogP contribution < -0.4 is 0 Å². The highest BCUT2D eigenvalue weighted by atomic mass is 79.9. The maximum absolute atomic E-state index is 12.3. The quantitative estimate of drug-likeness (QED) is 0.735. The Balaban J connectivity index is 2.00. The normalized spacial score (nSPS) is 10.4. The molecule has 0 N–H and O–H groups in total. The molecule has 2 aromatic rings. The zero-order valence-electron chi connectivity index (χ0n) is 10.6. The Morgan fingerprint density at radius 3 is 2.58 bits per heavy atom. The minimum Gasteiger partial charge on any atom is -0.337 e. The topological polar surface area (TPSA) is 20.3 Å². The van der Waals surface area contributed by atoms with Gasteiger partial charge in [0, 0.05) is 23.3 Å². The number of benzene rings is 1. The van der Waals surface area contributed by atoms with Gasteiger partial charge in [0.15, 0.2) is 0 Å². The number of rotatable bonds is 6. The third-order valence-electron chi connectivity index (χ3n) is 2.83. The summed E-state index contributed by atoms with van der Waals surface area (Å²) in [5, 5.41) is 2.81. The van der Waals surface area contributed by atoms with Crippen LogP contribution in [-0.4, -0.2) is 22.7 Å². The van der Waals surface area contributed by atoms with E-state index >= 15 is 0 Å². The summed E-state index contributed by atoms with van der Waals surface area (Å²) in [7, 11) is 0. The first-order valence-corrected chi connectivity index (χ1v) is 8.20. The second-order valence-electron chi connectivity index (χ2n) is 4.25. The molecule has 0 saturated heterocycles. The molecule has 1 aromatic heterocycles. The zero-order valence-corrected chi connectivity index (χ0v) is 13.0. The van der Waals surface area contributed by atoms with Crippen molar-refractivity contribution in [3.8, 4) is 0 Å². The highest BCUT2D eigenvalue weighted by molar-refractivity contribution is 9.09. The Kier molecular flexibility index (Phi) is 5.61. The first kappa shape index (κ1) is 14.3. The fourth-order valence-electron chi connectivity index (χ4n) is 1.87. The lowest BCUT2D eigenvalue weighted by molar-refractivity contribution is -0.130. The minimum absolute atomic E-state index is 0.186. The molecule has 2 rings (SSSR count). The molecule has 19 heavy (non-hydrogen) atoms. The summed E-state index contributed by atoms with van der Waals surface area (Å²) in [6.45, 7) is 1.41. The van der Waals surface area contributed by atoms with Gasteiger partial charge in [-0.2, -0.15) is 0 Å². The Morgan fingerprint density at radius 2 is 1.95 bits per heavy atom. The number of amides is 1. The molecule has 0 unspecified atom stereocenters. The molecule has 0 aliphatic heterocycles. The second-order valence-corrected chi connectivity index (χ2v) is 6.07. The van der Waals surface area contributed by atoms with Crippen LogP contribution in [0.25, 0.3) is 0 Å². The van der Waals surface area contributed by atoms with E-state index < -0.39 is 0 Å². The van der Waals surface area contributed by atoms with E-state index in [1.54, 1.807) is 11.3 Å². The summed E-state index contributed by atoms with van der Waals surface area (Å²) in [4.78, 5) is 15.3. The predicted molar refractivity (Wildman–Crippen MR) is 83.7 cm³/mol. The zero-order chi connectivity index (χ0) is 13.5. The Morgan fingerprint density at radius 1 is 1.16 bits per heavy atom. The maximum Gasteiger partial charge on any atom is 0.228 e. The molecule has 0 radical (unpaired) electrons. The number of halogens is 1. The molecule has 0 atom stereocenters. The number of thiophene rings is 1. The van der Waals surface area contributed by atoms with Crippen LogP contribution in [0.4, 0.5) is 0 Å². The summed E-state index contributed by atoms with van der Waals surface area (Å²) in [5.41, 5.74) is 1.17. The monoisotopic (exact) mass is 337 g/mol. The van der Waals surface area contributed by atoms with Gasteiger partial charge in [-0.15, -0.1) is 11.3 Å². The van der Waals surface area contributed by atoms with Crippen molar-refractivity contribution in [2.75, 3.05) is 11.9 Å². The highest BCUT2D eigenvalue weighted by Crippen LogP contribution is 2.12. The largest absolute Gasteiger partial charge is 0.337 e. The molecule has 100 valence electrons. The van der Waals surface area contributed by atoms with Crippen LogP contribution in [-0.2, 0) is 17.8 Å². The summed E-state index contributed by atoms with van der Waals surface area (Å²) in [6.07, 6.45) is 0.498. The van der Waals surface area contributed by atoms with E-state index in [-0.39, 0.29) is 5.91 Å². The van der Waals surface area contributed by atoms with Gasteiger partial charge in [0.2, 0.25) is 5.91 Å². The third-order valence-corrected chi connectivity index (χ3v) is 4.06. The Labute approximate surface area is 126 Å². The average Bonchev–Trinajstić information content (AvgIpc) is 2.92. The van der Waals surface area contributed by atoms with Gasteiger partial charge in [-0.25, -0.2) is 0 Å². The Hall–Kier alpha value is -1.13. The predicted octanol–water partition coefficient (Wildman–Crippen LogP) is 3.71. The van der Waals surface area contributed by atoms with Crippen LogP contribution in [0.2, 0.25) is 0 Å². The van der Waals surface area contributed by atoms with Gasteiger partial charge in [-0.3, -0.25) is 4.79 Å². The lowest BCUT2D eigenvalue weighted by atomic mass is 10.2. The summed E-state index contributed by atoms with van der Waals surface area (Å²) >= 11 is 5.05. The third kappa shape index (κ3) is 4.48. The first-order chi connectivity index (χ1) is 9.29. The second kappa shape index (κ2) is 7.46. The molecule has 0 spiro atoms. The van der Waals surface area contributed by atoms with Gasteiger partial charge in [-0.1, -0.05) is 52.3 Å². The minimum atomic E-state index is 0.186. The van der Waals surface area contributed by atoms with Crippen molar-refractivity contribution in [2.45, 2.75) is 13.0 Å². The van der Waals surface area contributed by atoms with Crippen molar-refractivity contribution in [3.05, 3.63) is 58.3 Å². The molecule has 4 heteroatoms. The van der Waals surface area contributed by atoms with E-state index in [9.17, 15) is 4.79 Å². The SMILES string of the molecule is O=C(Cc1cccs1)N(CCBr)Cc1ccccc1. The van der Waals surface area contributed by atoms with Crippen LogP contribution in [0, 0.1) is 0 Å². The Bertz CT molecular complexity index is 498. The van der Waals surface area contributed by atoms with Crippen LogP contribution in [0.1, 0.15) is 10.4 Å². The van der Waals surface area contributed by atoms with E-state index in [0.717, 1.165) is 16.8 Å². The molecule has 0 saturated carbocycles. The first-order valence-electron chi connectivity index (χ1n) is 6.19. The van der Waals surface area contributed by atoms with Crippen molar-refractivity contribution >= 4 is 33.2 Å². The van der Waals surface area contributed by atoms with Crippen molar-refractivity contribution in [1.82, 2.24) is 4.90 Å². The van der Waals surface area contributed by atoms with Crippen molar-refractivity contribution in [2.24, 2.45) is 0 Å². The summed E-state index contributed by atoms with van der Waals surface area (Å²) in [6, 6.07) is 14.1. The number of nitrogens with zero attached hydrogens (tertiary/aromatic N) is 1. The smallest absolute Gasteiger partial charge is 0.228 e. The van der Waals surface area contributed by atoms with E-state index in [2.05, 4.69) is 28.1 Å². The standard InChI is InChI=1S/C15H16BrNOS/c16-8-9-17(12-13-5-2-1-3-6-13)15(18)11-14-7-4-10-19-14/h1-7,10H,8-9,11-12H2. The molecule has 0 fully saturated rings. The van der Waals surface area contributed by atoms with Gasteiger partial charge in [0.25, 0.3) is 0 Å². The van der Waals surface area contributed by atoms with E-state index in [1.165, 1.54) is 5.56 Å². The van der Waals surface area contributed by atoms with Gasteiger partial charge in [0.1, 0.15) is 0 Å². The number of hydrogen-bond donors (Lipinski definition) is 0. The number of alkyl halides is 1. The van der Waals surface area contributed by atoms with Crippen molar-refractivity contribution < 1.29 is 4.79 Å².